The van der Waals surface area contributed by atoms with Gasteiger partial charge in [-0.25, -0.2) is 4.68 Å². The summed E-state index contributed by atoms with van der Waals surface area (Å²) in [7, 11) is 0. The maximum atomic E-state index is 11.9. The molecule has 0 bridgehead atoms. The zero-order valence-corrected chi connectivity index (χ0v) is 15.7. The molecule has 2 aromatic rings. The van der Waals surface area contributed by atoms with E-state index in [1.165, 1.54) is 16.4 Å². The van der Waals surface area contributed by atoms with Crippen LogP contribution in [0.5, 0.6) is 0 Å². The van der Waals surface area contributed by atoms with Gasteiger partial charge in [0, 0.05) is 27.7 Å². The second-order valence-corrected chi connectivity index (χ2v) is 8.06. The zero-order valence-electron chi connectivity index (χ0n) is 13.3. The number of hydrogen-bond acceptors (Lipinski definition) is 5. The average Bonchev–Trinajstić information content (AvgIpc) is 2.83. The number of carbonyl (C=O) groups excluding carboxylic acids is 1. The van der Waals surface area contributed by atoms with Crippen LogP contribution in [0.4, 0.5) is 5.69 Å². The minimum absolute atomic E-state index is 0.0426. The van der Waals surface area contributed by atoms with E-state index in [-0.39, 0.29) is 11.3 Å². The van der Waals surface area contributed by atoms with Crippen molar-refractivity contribution in [3.63, 3.8) is 0 Å². The Morgan fingerprint density at radius 1 is 1.30 bits per heavy atom. The molecule has 0 saturated heterocycles. The van der Waals surface area contributed by atoms with Crippen molar-refractivity contribution in [2.75, 3.05) is 16.9 Å². The Labute approximate surface area is 148 Å². The lowest BCUT2D eigenvalue weighted by atomic mass is 9.96. The van der Waals surface area contributed by atoms with Crippen LogP contribution in [0.25, 0.3) is 0 Å². The molecule has 124 valence electrons. The topological polar surface area (TPSA) is 85.8 Å². The molecule has 0 atom stereocenters. The number of aromatic nitrogens is 3. The van der Waals surface area contributed by atoms with Gasteiger partial charge in [0.25, 0.3) is 0 Å². The van der Waals surface area contributed by atoms with E-state index >= 15 is 0 Å². The Kier molecular flexibility index (Phi) is 5.69. The van der Waals surface area contributed by atoms with E-state index in [1.54, 1.807) is 0 Å². The van der Waals surface area contributed by atoms with Gasteiger partial charge in [-0.3, -0.25) is 4.79 Å². The Bertz CT molecular complexity index is 678. The van der Waals surface area contributed by atoms with E-state index in [2.05, 4.69) is 31.4 Å². The lowest BCUT2D eigenvalue weighted by molar-refractivity contribution is -0.115. The quantitative estimate of drug-likeness (QED) is 0.597. The van der Waals surface area contributed by atoms with Gasteiger partial charge < -0.3 is 11.2 Å². The lowest BCUT2D eigenvalue weighted by Crippen LogP contribution is -2.24. The van der Waals surface area contributed by atoms with Crippen molar-refractivity contribution in [1.29, 1.82) is 0 Å². The summed E-state index contributed by atoms with van der Waals surface area (Å²) in [6.07, 6.45) is 0.373. The van der Waals surface area contributed by atoms with E-state index in [1.807, 2.05) is 45.0 Å². The van der Waals surface area contributed by atoms with Gasteiger partial charge in [0.2, 0.25) is 11.1 Å². The number of rotatable bonds is 5. The molecule has 3 N–H and O–H groups in total. The van der Waals surface area contributed by atoms with Crippen molar-refractivity contribution < 1.29 is 4.79 Å². The summed E-state index contributed by atoms with van der Waals surface area (Å²) in [5, 5.41) is 11.7. The summed E-state index contributed by atoms with van der Waals surface area (Å²) in [4.78, 5) is 11.9. The number of anilines is 1. The molecule has 2 rings (SSSR count). The van der Waals surface area contributed by atoms with Crippen molar-refractivity contribution in [1.82, 2.24) is 14.9 Å². The van der Waals surface area contributed by atoms with Crippen LogP contribution in [0.3, 0.4) is 0 Å². The number of thioether (sulfide) groups is 1. The van der Waals surface area contributed by atoms with E-state index < -0.39 is 0 Å². The number of amides is 1. The van der Waals surface area contributed by atoms with E-state index in [0.717, 1.165) is 16.0 Å². The molecule has 6 nitrogen and oxygen atoms in total. The highest BCUT2D eigenvalue weighted by molar-refractivity contribution is 9.10. The average molecular weight is 398 g/mol. The molecule has 23 heavy (non-hydrogen) atoms. The monoisotopic (exact) mass is 397 g/mol. The third-order valence-corrected chi connectivity index (χ3v) is 4.50. The van der Waals surface area contributed by atoms with Gasteiger partial charge in [-0.2, -0.15) is 0 Å². The van der Waals surface area contributed by atoms with Gasteiger partial charge in [0.15, 0.2) is 5.82 Å². The predicted octanol–water partition coefficient (Wildman–Crippen LogP) is 3.17. The van der Waals surface area contributed by atoms with Crippen LogP contribution in [0.1, 0.15) is 33.0 Å². The van der Waals surface area contributed by atoms with Crippen LogP contribution >= 0.6 is 27.7 Å². The number of nitrogens with two attached hydrogens (primary N) is 1. The largest absolute Gasteiger partial charge is 0.336 e. The number of carbonyl (C=O) groups is 1. The SMILES string of the molecule is CC(C)(C)c1nnc(SCCC(=O)Nc2ccc(Br)cc2)n1N. The fraction of sp³-hybridized carbons (Fsp3) is 0.400. The van der Waals surface area contributed by atoms with Crippen LogP contribution in [-0.4, -0.2) is 26.5 Å². The Balaban J connectivity index is 1.84. The first-order valence-electron chi connectivity index (χ1n) is 7.16. The molecule has 0 aliphatic rings. The standard InChI is InChI=1S/C15H20BrN5OS/c1-15(2,3)13-19-20-14(21(13)17)23-9-8-12(22)18-11-6-4-10(16)5-7-11/h4-7H,8-9,17H2,1-3H3,(H,18,22). The molecule has 0 radical (unpaired) electrons. The van der Waals surface area contributed by atoms with Gasteiger partial charge in [-0.15, -0.1) is 10.2 Å². The van der Waals surface area contributed by atoms with E-state index in [9.17, 15) is 4.79 Å². The molecule has 1 heterocycles. The highest BCUT2D eigenvalue weighted by Gasteiger charge is 2.22. The van der Waals surface area contributed by atoms with Crippen molar-refractivity contribution in [3.8, 4) is 0 Å². The predicted molar refractivity (Wildman–Crippen MR) is 97.0 cm³/mol. The first-order chi connectivity index (χ1) is 10.8. The molecule has 1 aromatic heterocycles. The molecule has 1 aromatic carbocycles. The molecule has 0 fully saturated rings. The summed E-state index contributed by atoms with van der Waals surface area (Å²) >= 11 is 4.78. The normalized spacial score (nSPS) is 11.5. The van der Waals surface area contributed by atoms with Crippen molar-refractivity contribution in [2.45, 2.75) is 37.8 Å². The van der Waals surface area contributed by atoms with E-state index in [0.29, 0.717) is 17.3 Å². The van der Waals surface area contributed by atoms with Crippen molar-refractivity contribution in [2.24, 2.45) is 0 Å². The molecule has 1 amide bonds. The molecular weight excluding hydrogens is 378 g/mol. The van der Waals surface area contributed by atoms with Gasteiger partial charge in [-0.05, 0) is 24.3 Å². The minimum atomic E-state index is -0.167. The van der Waals surface area contributed by atoms with E-state index in [4.69, 9.17) is 5.84 Å². The zero-order chi connectivity index (χ0) is 17.0. The molecular formula is C15H20BrN5OS. The Morgan fingerprint density at radius 3 is 2.52 bits per heavy atom. The van der Waals surface area contributed by atoms with Gasteiger partial charge in [0.1, 0.15) is 0 Å². The van der Waals surface area contributed by atoms with Crippen LogP contribution in [0.2, 0.25) is 0 Å². The maximum absolute atomic E-state index is 11.9. The van der Waals surface area contributed by atoms with Crippen molar-refractivity contribution in [3.05, 3.63) is 34.6 Å². The van der Waals surface area contributed by atoms with Crippen LogP contribution in [0.15, 0.2) is 33.9 Å². The van der Waals surface area contributed by atoms with Crippen LogP contribution in [0, 0.1) is 0 Å². The third kappa shape index (κ3) is 4.97. The number of halogens is 1. The minimum Gasteiger partial charge on any atom is -0.336 e. The third-order valence-electron chi connectivity index (χ3n) is 3.02. The first kappa shape index (κ1) is 17.8. The Hall–Kier alpha value is -1.54. The summed E-state index contributed by atoms with van der Waals surface area (Å²) in [5.74, 6) is 7.27. The van der Waals surface area contributed by atoms with Gasteiger partial charge in [0.05, 0.1) is 0 Å². The van der Waals surface area contributed by atoms with Crippen molar-refractivity contribution >= 4 is 39.3 Å². The fourth-order valence-corrected chi connectivity index (χ4v) is 2.94. The summed E-state index contributed by atoms with van der Waals surface area (Å²) in [6, 6.07) is 7.47. The number of nitrogens with one attached hydrogen (secondary N) is 1. The molecule has 0 saturated carbocycles. The van der Waals surface area contributed by atoms with Crippen LogP contribution in [-0.2, 0) is 10.2 Å². The molecule has 0 aliphatic heterocycles. The molecule has 8 heteroatoms. The number of hydrogen-bond donors (Lipinski definition) is 2. The van der Waals surface area contributed by atoms with Gasteiger partial charge in [-0.1, -0.05) is 48.5 Å². The highest BCUT2D eigenvalue weighted by Crippen LogP contribution is 2.23. The fourth-order valence-electron chi connectivity index (χ4n) is 1.88. The van der Waals surface area contributed by atoms with Crippen LogP contribution < -0.4 is 11.2 Å². The lowest BCUT2D eigenvalue weighted by Gasteiger charge is -2.16. The Morgan fingerprint density at radius 2 is 1.96 bits per heavy atom. The smallest absolute Gasteiger partial charge is 0.225 e. The molecule has 0 aliphatic carbocycles. The number of nitrogens with zero attached hydrogens (tertiary/aromatic N) is 3. The number of nitrogen functional groups attached to an aromatic ring is 1. The highest BCUT2D eigenvalue weighted by atomic mass is 79.9. The maximum Gasteiger partial charge on any atom is 0.225 e. The summed E-state index contributed by atoms with van der Waals surface area (Å²) in [6.45, 7) is 6.08. The second kappa shape index (κ2) is 7.35. The summed E-state index contributed by atoms with van der Waals surface area (Å²) < 4.78 is 2.47. The summed E-state index contributed by atoms with van der Waals surface area (Å²) in [5.41, 5.74) is 0.611. The van der Waals surface area contributed by atoms with Gasteiger partial charge >= 0.3 is 0 Å². The second-order valence-electron chi connectivity index (χ2n) is 6.08. The molecule has 0 spiro atoms. The number of benzene rings is 1. The first-order valence-corrected chi connectivity index (χ1v) is 8.94. The molecule has 0 unspecified atom stereocenters.